The van der Waals surface area contributed by atoms with E-state index >= 15 is 0 Å². The number of carbonyl (C=O) groups excluding carboxylic acids is 1. The summed E-state index contributed by atoms with van der Waals surface area (Å²) in [6.45, 7) is 12.4. The van der Waals surface area contributed by atoms with Crippen molar-refractivity contribution in [2.75, 3.05) is 6.54 Å². The molecule has 2 saturated carbocycles. The smallest absolute Gasteiger partial charge is 0.408 e. The van der Waals surface area contributed by atoms with E-state index in [9.17, 15) is 9.90 Å². The number of carbonyl (C=O) groups is 1. The van der Waals surface area contributed by atoms with E-state index in [0.717, 1.165) is 19.3 Å². The Hall–Kier alpha value is -0.810. The Balaban J connectivity index is 2.15. The van der Waals surface area contributed by atoms with Crippen LogP contribution in [0.3, 0.4) is 0 Å². The van der Waals surface area contributed by atoms with Gasteiger partial charge in [0.25, 0.3) is 0 Å². The average Bonchev–Trinajstić information content (AvgIpc) is 2.67. The number of rotatable bonds is 4. The average molecular weight is 312 g/mol. The van der Waals surface area contributed by atoms with Crippen molar-refractivity contribution in [2.45, 2.75) is 84.1 Å². The molecule has 1 amide bonds. The molecule has 4 unspecified atom stereocenters. The number of aliphatic hydroxyl groups excluding tert-OH is 1. The molecule has 0 saturated heterocycles. The van der Waals surface area contributed by atoms with Crippen LogP contribution in [0.15, 0.2) is 0 Å². The summed E-state index contributed by atoms with van der Waals surface area (Å²) in [5.74, 6) is 0.592. The molecule has 22 heavy (non-hydrogen) atoms. The molecule has 0 spiro atoms. The van der Waals surface area contributed by atoms with Crippen LogP contribution in [0, 0.1) is 11.3 Å². The summed E-state index contributed by atoms with van der Waals surface area (Å²) in [6, 6.07) is 0.184. The molecule has 0 aromatic carbocycles. The molecular formula is C17H32N2O3. The van der Waals surface area contributed by atoms with Gasteiger partial charge in [0.2, 0.25) is 0 Å². The van der Waals surface area contributed by atoms with Crippen molar-refractivity contribution in [2.24, 2.45) is 11.3 Å². The van der Waals surface area contributed by atoms with E-state index < -0.39 is 5.60 Å². The molecule has 2 rings (SSSR count). The fourth-order valence-electron chi connectivity index (χ4n) is 4.34. The minimum Gasteiger partial charge on any atom is -0.444 e. The quantitative estimate of drug-likeness (QED) is 0.745. The van der Waals surface area contributed by atoms with E-state index in [0.29, 0.717) is 12.5 Å². The van der Waals surface area contributed by atoms with Crippen LogP contribution in [0.4, 0.5) is 4.79 Å². The molecule has 3 N–H and O–H groups in total. The first-order valence-corrected chi connectivity index (χ1v) is 8.40. The molecule has 0 aromatic heterocycles. The van der Waals surface area contributed by atoms with Gasteiger partial charge >= 0.3 is 6.09 Å². The zero-order chi connectivity index (χ0) is 16.8. The number of fused-ring (bicyclic) bond motifs is 2. The van der Waals surface area contributed by atoms with E-state index in [1.54, 1.807) is 6.92 Å². The topological polar surface area (TPSA) is 70.6 Å². The third-order valence-corrected chi connectivity index (χ3v) is 5.56. The van der Waals surface area contributed by atoms with Crippen LogP contribution in [0.25, 0.3) is 0 Å². The van der Waals surface area contributed by atoms with Crippen LogP contribution in [0.2, 0.25) is 0 Å². The van der Waals surface area contributed by atoms with Gasteiger partial charge in [-0.25, -0.2) is 4.79 Å². The van der Waals surface area contributed by atoms with Crippen molar-refractivity contribution < 1.29 is 14.6 Å². The molecular weight excluding hydrogens is 280 g/mol. The minimum absolute atomic E-state index is 0.0280. The molecule has 0 radical (unpaired) electrons. The number of aliphatic hydroxyl groups is 1. The Morgan fingerprint density at radius 2 is 2.05 bits per heavy atom. The fraction of sp³-hybridized carbons (Fsp3) is 0.941. The van der Waals surface area contributed by atoms with E-state index in [-0.39, 0.29) is 29.2 Å². The van der Waals surface area contributed by atoms with E-state index in [1.807, 2.05) is 20.8 Å². The first-order chi connectivity index (χ1) is 9.98. The van der Waals surface area contributed by atoms with Crippen LogP contribution in [-0.2, 0) is 4.74 Å². The first kappa shape index (κ1) is 17.5. The second-order valence-corrected chi connectivity index (χ2v) is 8.60. The summed E-state index contributed by atoms with van der Waals surface area (Å²) >= 11 is 0. The second kappa shape index (κ2) is 5.68. The maximum absolute atomic E-state index is 12.4. The molecule has 5 nitrogen and oxygen atoms in total. The Morgan fingerprint density at radius 1 is 1.41 bits per heavy atom. The molecule has 2 fully saturated rings. The van der Waals surface area contributed by atoms with Gasteiger partial charge in [-0.3, -0.25) is 0 Å². The van der Waals surface area contributed by atoms with Gasteiger partial charge in [-0.2, -0.15) is 0 Å². The number of alkyl carbamates (subject to hydrolysis) is 1. The van der Waals surface area contributed by atoms with Crippen molar-refractivity contribution in [3.05, 3.63) is 0 Å². The molecule has 2 aliphatic carbocycles. The number of amides is 1. The Bertz CT molecular complexity index is 428. The van der Waals surface area contributed by atoms with Gasteiger partial charge in [-0.05, 0) is 58.3 Å². The van der Waals surface area contributed by atoms with Gasteiger partial charge in [0, 0.05) is 12.6 Å². The van der Waals surface area contributed by atoms with Crippen molar-refractivity contribution in [3.63, 3.8) is 0 Å². The number of nitrogens with one attached hydrogen (secondary N) is 2. The number of hydrogen-bond donors (Lipinski definition) is 3. The summed E-state index contributed by atoms with van der Waals surface area (Å²) in [4.78, 5) is 12.4. The van der Waals surface area contributed by atoms with Gasteiger partial charge in [-0.1, -0.05) is 13.8 Å². The lowest BCUT2D eigenvalue weighted by atomic mass is 9.74. The molecule has 0 heterocycles. The number of hydrogen-bond acceptors (Lipinski definition) is 4. The summed E-state index contributed by atoms with van der Waals surface area (Å²) in [5, 5.41) is 16.2. The highest BCUT2D eigenvalue weighted by Crippen LogP contribution is 2.60. The van der Waals surface area contributed by atoms with Crippen molar-refractivity contribution >= 4 is 6.09 Å². The highest BCUT2D eigenvalue weighted by molar-refractivity contribution is 5.69. The summed E-state index contributed by atoms with van der Waals surface area (Å²) in [5.41, 5.74) is -0.765. The molecule has 5 heteroatoms. The maximum atomic E-state index is 12.4. The van der Waals surface area contributed by atoms with Crippen molar-refractivity contribution in [1.82, 2.24) is 10.6 Å². The van der Waals surface area contributed by atoms with E-state index in [2.05, 4.69) is 24.5 Å². The van der Waals surface area contributed by atoms with Crippen molar-refractivity contribution in [3.8, 4) is 0 Å². The normalized spacial score (nSPS) is 34.5. The van der Waals surface area contributed by atoms with Crippen LogP contribution in [0.5, 0.6) is 0 Å². The predicted octanol–water partition coefficient (Wildman–Crippen LogP) is 2.43. The fourth-order valence-corrected chi connectivity index (χ4v) is 4.34. The van der Waals surface area contributed by atoms with Crippen LogP contribution < -0.4 is 10.6 Å². The Kier molecular flexibility index (Phi) is 4.53. The monoisotopic (exact) mass is 312 g/mol. The Labute approximate surface area is 134 Å². The molecule has 4 atom stereocenters. The van der Waals surface area contributed by atoms with Gasteiger partial charge in [0.05, 0.1) is 11.6 Å². The highest BCUT2D eigenvalue weighted by Gasteiger charge is 2.65. The highest BCUT2D eigenvalue weighted by atomic mass is 16.6. The molecule has 128 valence electrons. The van der Waals surface area contributed by atoms with Crippen LogP contribution in [-0.4, -0.2) is 41.0 Å². The minimum atomic E-state index is -0.496. The van der Waals surface area contributed by atoms with Crippen molar-refractivity contribution in [1.29, 1.82) is 0 Å². The standard InChI is InChI=1S/C17H32N2O3/c1-11(20)10-18-13-9-12-7-8-17(13,16(12,5)6)19-14(21)22-15(2,3)4/h11-13,18,20H,7-10H2,1-6H3,(H,19,21). The van der Waals surface area contributed by atoms with Gasteiger partial charge < -0.3 is 20.5 Å². The molecule has 2 bridgehead atoms. The zero-order valence-corrected chi connectivity index (χ0v) is 14.8. The van der Waals surface area contributed by atoms with Gasteiger partial charge in [0.1, 0.15) is 5.60 Å². The summed E-state index contributed by atoms with van der Waals surface area (Å²) in [7, 11) is 0. The zero-order valence-electron chi connectivity index (χ0n) is 14.8. The molecule has 0 aromatic rings. The van der Waals surface area contributed by atoms with Crippen LogP contribution >= 0.6 is 0 Å². The lowest BCUT2D eigenvalue weighted by Crippen LogP contribution is -2.64. The maximum Gasteiger partial charge on any atom is 0.408 e. The third kappa shape index (κ3) is 3.11. The lowest BCUT2D eigenvalue weighted by Gasteiger charge is -2.43. The molecule has 0 aliphatic heterocycles. The largest absolute Gasteiger partial charge is 0.444 e. The summed E-state index contributed by atoms with van der Waals surface area (Å²) < 4.78 is 5.49. The van der Waals surface area contributed by atoms with Gasteiger partial charge in [0.15, 0.2) is 0 Å². The van der Waals surface area contributed by atoms with Gasteiger partial charge in [-0.15, -0.1) is 0 Å². The van der Waals surface area contributed by atoms with Crippen LogP contribution in [0.1, 0.15) is 60.8 Å². The molecule has 2 aliphatic rings. The van der Waals surface area contributed by atoms with E-state index in [1.165, 1.54) is 0 Å². The van der Waals surface area contributed by atoms with E-state index in [4.69, 9.17) is 4.74 Å². The Morgan fingerprint density at radius 3 is 2.55 bits per heavy atom. The third-order valence-electron chi connectivity index (χ3n) is 5.56. The first-order valence-electron chi connectivity index (χ1n) is 8.40. The second-order valence-electron chi connectivity index (χ2n) is 8.60. The lowest BCUT2D eigenvalue weighted by molar-refractivity contribution is 0.0343. The SMILES string of the molecule is CC(O)CNC1CC2CCC1(NC(=O)OC(C)(C)C)C2(C)C. The number of ether oxygens (including phenoxy) is 1. The summed E-state index contributed by atoms with van der Waals surface area (Å²) in [6.07, 6.45) is 2.40. The predicted molar refractivity (Wildman–Crippen MR) is 86.7 cm³/mol.